The largest absolute Gasteiger partial charge is 0.381 e. The smallest absolute Gasteiger partial charge is 0.0980 e. The van der Waals surface area contributed by atoms with Crippen LogP contribution in [0, 0.1) is 5.92 Å². The Labute approximate surface area is 121 Å². The minimum atomic E-state index is 0.202. The van der Waals surface area contributed by atoms with Gasteiger partial charge in [0.25, 0.3) is 0 Å². The number of likely N-dealkylation sites (N-methyl/N-ethyl adjacent to an activating group) is 1. The van der Waals surface area contributed by atoms with E-state index in [-0.39, 0.29) is 6.10 Å². The van der Waals surface area contributed by atoms with E-state index < -0.39 is 0 Å². The van der Waals surface area contributed by atoms with Gasteiger partial charge in [-0.1, -0.05) is 24.3 Å². The lowest BCUT2D eigenvalue weighted by Crippen LogP contribution is -2.38. The van der Waals surface area contributed by atoms with E-state index in [2.05, 4.69) is 36.6 Å². The second-order valence-electron chi connectivity index (χ2n) is 5.93. The molecule has 110 valence electrons. The van der Waals surface area contributed by atoms with Crippen LogP contribution in [-0.2, 0) is 15.9 Å². The summed E-state index contributed by atoms with van der Waals surface area (Å²) in [5, 5.41) is 3.49. The average Bonchev–Trinajstić information content (AvgIpc) is 2.53. The zero-order valence-electron chi connectivity index (χ0n) is 12.3. The van der Waals surface area contributed by atoms with E-state index in [1.54, 1.807) is 0 Å². The van der Waals surface area contributed by atoms with Gasteiger partial charge in [-0.15, -0.1) is 0 Å². The summed E-state index contributed by atoms with van der Waals surface area (Å²) in [4.78, 5) is 0. The van der Waals surface area contributed by atoms with Gasteiger partial charge in [0.1, 0.15) is 0 Å². The molecule has 2 heterocycles. The lowest BCUT2D eigenvalue weighted by Gasteiger charge is -2.35. The maximum absolute atomic E-state index is 6.11. The Morgan fingerprint density at radius 3 is 2.80 bits per heavy atom. The molecule has 2 atom stereocenters. The van der Waals surface area contributed by atoms with Gasteiger partial charge < -0.3 is 14.8 Å². The molecule has 1 aromatic rings. The van der Waals surface area contributed by atoms with E-state index in [0.29, 0.717) is 6.04 Å². The van der Waals surface area contributed by atoms with E-state index in [1.807, 2.05) is 0 Å². The van der Waals surface area contributed by atoms with E-state index in [9.17, 15) is 0 Å². The van der Waals surface area contributed by atoms with E-state index in [4.69, 9.17) is 9.47 Å². The third-order valence-corrected chi connectivity index (χ3v) is 4.69. The predicted octanol–water partition coefficient (Wildman–Crippen LogP) is 2.71. The average molecular weight is 275 g/mol. The fourth-order valence-electron chi connectivity index (χ4n) is 3.49. The standard InChI is InChI=1S/C17H25NO2/c1-18-16(12-13-6-9-19-10-7-13)17-15-5-3-2-4-14(15)8-11-20-17/h2-5,13,16-18H,6-12H2,1H3. The number of benzene rings is 1. The molecule has 0 spiro atoms. The van der Waals surface area contributed by atoms with Crippen molar-refractivity contribution in [2.24, 2.45) is 5.92 Å². The summed E-state index contributed by atoms with van der Waals surface area (Å²) < 4.78 is 11.6. The van der Waals surface area contributed by atoms with E-state index in [1.165, 1.54) is 30.4 Å². The highest BCUT2D eigenvalue weighted by atomic mass is 16.5. The van der Waals surface area contributed by atoms with Crippen LogP contribution in [-0.4, -0.2) is 32.9 Å². The maximum atomic E-state index is 6.11. The molecule has 1 fully saturated rings. The fraction of sp³-hybridized carbons (Fsp3) is 0.647. The zero-order chi connectivity index (χ0) is 13.8. The van der Waals surface area contributed by atoms with Crippen LogP contribution in [0.2, 0.25) is 0 Å². The van der Waals surface area contributed by atoms with Crippen LogP contribution in [0.5, 0.6) is 0 Å². The molecule has 1 N–H and O–H groups in total. The molecule has 3 nitrogen and oxygen atoms in total. The first kappa shape index (κ1) is 14.1. The van der Waals surface area contributed by atoms with Crippen LogP contribution >= 0.6 is 0 Å². The molecular weight excluding hydrogens is 250 g/mol. The molecule has 0 saturated carbocycles. The molecule has 0 aromatic heterocycles. The Kier molecular flexibility index (Phi) is 4.71. The lowest BCUT2D eigenvalue weighted by atomic mass is 9.86. The summed E-state index contributed by atoms with van der Waals surface area (Å²) in [5.74, 6) is 0.763. The molecule has 20 heavy (non-hydrogen) atoms. The summed E-state index contributed by atoms with van der Waals surface area (Å²) in [6, 6.07) is 9.13. The van der Waals surface area contributed by atoms with Crippen molar-refractivity contribution in [1.29, 1.82) is 0 Å². The van der Waals surface area contributed by atoms with Crippen LogP contribution in [0.4, 0.5) is 0 Å². The summed E-state index contributed by atoms with van der Waals surface area (Å²) in [6.45, 7) is 2.68. The van der Waals surface area contributed by atoms with Gasteiger partial charge in [0.2, 0.25) is 0 Å². The third kappa shape index (κ3) is 3.05. The first-order valence-electron chi connectivity index (χ1n) is 7.83. The van der Waals surface area contributed by atoms with Gasteiger partial charge in [-0.25, -0.2) is 0 Å². The van der Waals surface area contributed by atoms with Gasteiger partial charge in [-0.05, 0) is 49.8 Å². The monoisotopic (exact) mass is 275 g/mol. The van der Waals surface area contributed by atoms with Gasteiger partial charge in [0.15, 0.2) is 0 Å². The first-order valence-corrected chi connectivity index (χ1v) is 7.83. The molecule has 2 aliphatic rings. The van der Waals surface area contributed by atoms with E-state index >= 15 is 0 Å². The number of hydrogen-bond acceptors (Lipinski definition) is 3. The number of rotatable bonds is 4. The van der Waals surface area contributed by atoms with Crippen LogP contribution in [0.3, 0.4) is 0 Å². The highest BCUT2D eigenvalue weighted by Crippen LogP contribution is 2.33. The Morgan fingerprint density at radius 1 is 1.20 bits per heavy atom. The molecule has 2 aliphatic heterocycles. The Balaban J connectivity index is 1.72. The summed E-state index contributed by atoms with van der Waals surface area (Å²) >= 11 is 0. The fourth-order valence-corrected chi connectivity index (χ4v) is 3.49. The van der Waals surface area contributed by atoms with Crippen molar-refractivity contribution < 1.29 is 9.47 Å². The SMILES string of the molecule is CNC(CC1CCOCC1)C1OCCc2ccccc21. The van der Waals surface area contributed by atoms with Gasteiger partial charge >= 0.3 is 0 Å². The molecule has 3 rings (SSSR count). The second-order valence-corrected chi connectivity index (χ2v) is 5.93. The van der Waals surface area contributed by atoms with Gasteiger partial charge in [0, 0.05) is 19.3 Å². The van der Waals surface area contributed by atoms with Crippen molar-refractivity contribution in [3.63, 3.8) is 0 Å². The molecular formula is C17H25NO2. The van der Waals surface area contributed by atoms with E-state index in [0.717, 1.165) is 32.2 Å². The number of nitrogens with one attached hydrogen (secondary N) is 1. The van der Waals surface area contributed by atoms with Crippen LogP contribution in [0.1, 0.15) is 36.5 Å². The Hall–Kier alpha value is -0.900. The minimum absolute atomic E-state index is 0.202. The quantitative estimate of drug-likeness (QED) is 0.916. The Bertz CT molecular complexity index is 429. The molecule has 0 radical (unpaired) electrons. The maximum Gasteiger partial charge on any atom is 0.0980 e. The number of hydrogen-bond donors (Lipinski definition) is 1. The molecule has 1 aromatic carbocycles. The molecule has 1 saturated heterocycles. The Morgan fingerprint density at radius 2 is 2.00 bits per heavy atom. The van der Waals surface area contributed by atoms with Crippen molar-refractivity contribution in [1.82, 2.24) is 5.32 Å². The highest BCUT2D eigenvalue weighted by molar-refractivity contribution is 5.32. The third-order valence-electron chi connectivity index (χ3n) is 4.69. The van der Waals surface area contributed by atoms with Crippen molar-refractivity contribution >= 4 is 0 Å². The topological polar surface area (TPSA) is 30.5 Å². The van der Waals surface area contributed by atoms with Gasteiger partial charge in [-0.2, -0.15) is 0 Å². The van der Waals surface area contributed by atoms with Gasteiger partial charge in [0.05, 0.1) is 12.7 Å². The minimum Gasteiger partial charge on any atom is -0.381 e. The normalized spacial score (nSPS) is 25.1. The first-order chi connectivity index (χ1) is 9.88. The zero-order valence-corrected chi connectivity index (χ0v) is 12.3. The molecule has 3 heteroatoms. The van der Waals surface area contributed by atoms with Crippen LogP contribution in [0.25, 0.3) is 0 Å². The number of ether oxygens (including phenoxy) is 2. The van der Waals surface area contributed by atoms with Crippen LogP contribution in [0.15, 0.2) is 24.3 Å². The molecule has 2 unspecified atom stereocenters. The van der Waals surface area contributed by atoms with Crippen LogP contribution < -0.4 is 5.32 Å². The van der Waals surface area contributed by atoms with Crippen molar-refractivity contribution in [2.75, 3.05) is 26.9 Å². The molecule has 0 bridgehead atoms. The predicted molar refractivity (Wildman–Crippen MR) is 79.8 cm³/mol. The van der Waals surface area contributed by atoms with Crippen molar-refractivity contribution in [3.8, 4) is 0 Å². The summed E-state index contributed by atoms with van der Waals surface area (Å²) in [6.07, 6.45) is 4.80. The lowest BCUT2D eigenvalue weighted by molar-refractivity contribution is 0.00147. The van der Waals surface area contributed by atoms with Crippen molar-refractivity contribution in [3.05, 3.63) is 35.4 Å². The molecule has 0 amide bonds. The van der Waals surface area contributed by atoms with Gasteiger partial charge in [-0.3, -0.25) is 0 Å². The number of fused-ring (bicyclic) bond motifs is 1. The summed E-state index contributed by atoms with van der Waals surface area (Å²) in [7, 11) is 2.06. The highest BCUT2D eigenvalue weighted by Gasteiger charge is 2.30. The second kappa shape index (κ2) is 6.70. The molecule has 0 aliphatic carbocycles. The van der Waals surface area contributed by atoms with Crippen molar-refractivity contribution in [2.45, 2.75) is 37.8 Å². The summed E-state index contributed by atoms with van der Waals surface area (Å²) in [5.41, 5.74) is 2.83.